The van der Waals surface area contributed by atoms with Crippen LogP contribution in [-0.2, 0) is 19.8 Å². The number of nitrogens with zero attached hydrogens (tertiary/aromatic N) is 2. The Morgan fingerprint density at radius 1 is 1.18 bits per heavy atom. The van der Waals surface area contributed by atoms with Crippen molar-refractivity contribution in [3.63, 3.8) is 0 Å². The maximum absolute atomic E-state index is 12.4. The molecule has 166 valence electrons. The number of aromatic amines is 1. The van der Waals surface area contributed by atoms with Gasteiger partial charge in [0.15, 0.2) is 0 Å². The highest BCUT2D eigenvalue weighted by Gasteiger charge is 2.09. The molecule has 0 aliphatic rings. The molecule has 0 saturated carbocycles. The van der Waals surface area contributed by atoms with Crippen molar-refractivity contribution >= 4 is 28.2 Å². The Kier molecular flexibility index (Phi) is 6.45. The zero-order chi connectivity index (χ0) is 23.4. The van der Waals surface area contributed by atoms with Gasteiger partial charge in [0.1, 0.15) is 24.2 Å². The lowest BCUT2D eigenvalue weighted by molar-refractivity contribution is 0.276. The third-order valence-electron chi connectivity index (χ3n) is 5.02. The van der Waals surface area contributed by atoms with Gasteiger partial charge in [0.2, 0.25) is 0 Å². The number of nitriles is 1. The predicted octanol–water partition coefficient (Wildman–Crippen LogP) is 3.84. The van der Waals surface area contributed by atoms with Crippen LogP contribution in [0.1, 0.15) is 22.4 Å². The van der Waals surface area contributed by atoms with E-state index in [1.54, 1.807) is 48.7 Å². The van der Waals surface area contributed by atoms with Gasteiger partial charge in [-0.3, -0.25) is 9.78 Å². The van der Waals surface area contributed by atoms with Crippen molar-refractivity contribution in [1.82, 2.24) is 9.97 Å². The van der Waals surface area contributed by atoms with Gasteiger partial charge in [0, 0.05) is 47.1 Å². The molecule has 0 fully saturated rings. The number of phenols is 1. The summed E-state index contributed by atoms with van der Waals surface area (Å²) < 4.78 is 5.81. The van der Waals surface area contributed by atoms with E-state index in [0.29, 0.717) is 39.2 Å². The first-order valence-electron chi connectivity index (χ1n) is 9.96. The number of H-pyrrole nitrogens is 1. The summed E-state index contributed by atoms with van der Waals surface area (Å²) >= 11 is 5.97. The summed E-state index contributed by atoms with van der Waals surface area (Å²) in [6.07, 6.45) is 1.61. The second kappa shape index (κ2) is 9.61. The first-order valence-corrected chi connectivity index (χ1v) is 10.3. The molecule has 0 spiro atoms. The fourth-order valence-corrected chi connectivity index (χ4v) is 3.40. The Balaban J connectivity index is 1.50. The second-order valence-corrected chi connectivity index (χ2v) is 7.70. The van der Waals surface area contributed by atoms with E-state index in [9.17, 15) is 15.2 Å². The molecular weight excluding hydrogens is 444 g/mol. The largest absolute Gasteiger partial charge is 0.506 e. The number of anilines is 1. The summed E-state index contributed by atoms with van der Waals surface area (Å²) in [6.45, 7) is 0.291. The average molecular weight is 463 g/mol. The number of aromatic nitrogens is 2. The van der Waals surface area contributed by atoms with E-state index in [4.69, 9.17) is 21.4 Å². The standard InChI is InChI=1S/C24H19ClN4O4/c25-20-6-16-5-17(24(32)29-21(16)8-22(20)31)11-28-18-4-2-15(9-26)23(7-18)33-13-14-1-3-19(12-30)27-10-14/h1-8,10,28,30-31H,11-13H2,(H,29,32). The van der Waals surface area contributed by atoms with E-state index in [1.165, 1.54) is 6.07 Å². The third kappa shape index (κ3) is 5.06. The number of hydrogen-bond acceptors (Lipinski definition) is 7. The molecule has 0 atom stereocenters. The molecule has 0 unspecified atom stereocenters. The zero-order valence-electron chi connectivity index (χ0n) is 17.3. The molecule has 4 N–H and O–H groups in total. The van der Waals surface area contributed by atoms with Crippen molar-refractivity contribution in [3.8, 4) is 17.6 Å². The van der Waals surface area contributed by atoms with E-state index >= 15 is 0 Å². The summed E-state index contributed by atoms with van der Waals surface area (Å²) in [7, 11) is 0. The molecule has 9 heteroatoms. The number of rotatable bonds is 7. The summed E-state index contributed by atoms with van der Waals surface area (Å²) in [5.41, 5.74) is 3.07. The first kappa shape index (κ1) is 22.1. The van der Waals surface area contributed by atoms with Gasteiger partial charge in [0.25, 0.3) is 5.56 Å². The minimum atomic E-state index is -0.291. The van der Waals surface area contributed by atoms with Gasteiger partial charge in [-0.2, -0.15) is 5.26 Å². The van der Waals surface area contributed by atoms with Crippen LogP contribution in [0.2, 0.25) is 5.02 Å². The number of hydrogen-bond donors (Lipinski definition) is 4. The van der Waals surface area contributed by atoms with Crippen LogP contribution in [0.4, 0.5) is 5.69 Å². The van der Waals surface area contributed by atoms with Crippen LogP contribution in [0, 0.1) is 11.3 Å². The molecule has 0 aliphatic carbocycles. The van der Waals surface area contributed by atoms with Crippen molar-refractivity contribution < 1.29 is 14.9 Å². The highest BCUT2D eigenvalue weighted by Crippen LogP contribution is 2.28. The monoisotopic (exact) mass is 462 g/mol. The SMILES string of the molecule is N#Cc1ccc(NCc2cc3cc(Cl)c(O)cc3[nH]c2=O)cc1OCc1ccc(CO)nc1. The van der Waals surface area contributed by atoms with Gasteiger partial charge in [-0.15, -0.1) is 0 Å². The summed E-state index contributed by atoms with van der Waals surface area (Å²) in [5, 5.41) is 32.3. The number of ether oxygens (including phenoxy) is 1. The van der Waals surface area contributed by atoms with Gasteiger partial charge >= 0.3 is 0 Å². The molecule has 33 heavy (non-hydrogen) atoms. The van der Waals surface area contributed by atoms with Gasteiger partial charge in [-0.05, 0) is 30.3 Å². The number of nitrogens with one attached hydrogen (secondary N) is 2. The lowest BCUT2D eigenvalue weighted by Crippen LogP contribution is -2.15. The fourth-order valence-electron chi connectivity index (χ4n) is 3.23. The molecule has 2 heterocycles. The second-order valence-electron chi connectivity index (χ2n) is 7.30. The quantitative estimate of drug-likeness (QED) is 0.328. The van der Waals surface area contributed by atoms with Crippen molar-refractivity contribution in [1.29, 1.82) is 5.26 Å². The number of aliphatic hydroxyl groups is 1. The Morgan fingerprint density at radius 3 is 2.76 bits per heavy atom. The van der Waals surface area contributed by atoms with E-state index in [2.05, 4.69) is 21.4 Å². The van der Waals surface area contributed by atoms with Crippen LogP contribution < -0.4 is 15.6 Å². The van der Waals surface area contributed by atoms with Crippen molar-refractivity contribution in [3.05, 3.63) is 92.5 Å². The van der Waals surface area contributed by atoms with Gasteiger partial charge in [-0.25, -0.2) is 0 Å². The Bertz CT molecular complexity index is 1410. The Morgan fingerprint density at radius 2 is 2.03 bits per heavy atom. The lowest BCUT2D eigenvalue weighted by Gasteiger charge is -2.12. The topological polar surface area (TPSA) is 131 Å². The number of aromatic hydroxyl groups is 1. The average Bonchev–Trinajstić information content (AvgIpc) is 2.83. The minimum absolute atomic E-state index is 0.101. The highest BCUT2D eigenvalue weighted by atomic mass is 35.5. The number of fused-ring (bicyclic) bond motifs is 1. The molecule has 0 amide bonds. The smallest absolute Gasteiger partial charge is 0.253 e. The molecule has 0 aliphatic heterocycles. The van der Waals surface area contributed by atoms with Crippen LogP contribution in [0.3, 0.4) is 0 Å². The normalized spacial score (nSPS) is 10.7. The Labute approximate surface area is 193 Å². The molecule has 2 aromatic heterocycles. The van der Waals surface area contributed by atoms with Crippen LogP contribution in [-0.4, -0.2) is 20.2 Å². The third-order valence-corrected chi connectivity index (χ3v) is 5.32. The Hall–Kier alpha value is -4.06. The van der Waals surface area contributed by atoms with E-state index in [0.717, 1.165) is 5.56 Å². The van der Waals surface area contributed by atoms with Crippen LogP contribution >= 0.6 is 11.6 Å². The first-order chi connectivity index (χ1) is 16.0. The summed E-state index contributed by atoms with van der Waals surface area (Å²) in [5.74, 6) is 0.291. The van der Waals surface area contributed by atoms with E-state index < -0.39 is 0 Å². The zero-order valence-corrected chi connectivity index (χ0v) is 18.1. The molecule has 0 saturated heterocycles. The molecule has 2 aromatic carbocycles. The minimum Gasteiger partial charge on any atom is -0.506 e. The van der Waals surface area contributed by atoms with Crippen molar-refractivity contribution in [2.45, 2.75) is 19.8 Å². The fraction of sp³-hybridized carbons (Fsp3) is 0.125. The predicted molar refractivity (Wildman–Crippen MR) is 124 cm³/mol. The number of benzene rings is 2. The number of pyridine rings is 2. The van der Waals surface area contributed by atoms with Crippen molar-refractivity contribution in [2.24, 2.45) is 0 Å². The molecule has 0 bridgehead atoms. The van der Waals surface area contributed by atoms with E-state index in [1.807, 2.05) is 0 Å². The molecule has 4 rings (SSSR count). The highest BCUT2D eigenvalue weighted by molar-refractivity contribution is 6.32. The van der Waals surface area contributed by atoms with E-state index in [-0.39, 0.29) is 36.1 Å². The van der Waals surface area contributed by atoms with Gasteiger partial charge in [0.05, 0.1) is 28.4 Å². The summed E-state index contributed by atoms with van der Waals surface area (Å²) in [6, 6.07) is 15.4. The van der Waals surface area contributed by atoms with Gasteiger partial charge in [-0.1, -0.05) is 17.7 Å². The van der Waals surface area contributed by atoms with Crippen LogP contribution in [0.5, 0.6) is 11.5 Å². The molecular formula is C24H19ClN4O4. The number of phenolic OH excluding ortho intramolecular Hbond substituents is 1. The van der Waals surface area contributed by atoms with Crippen LogP contribution in [0.25, 0.3) is 10.9 Å². The maximum Gasteiger partial charge on any atom is 0.253 e. The van der Waals surface area contributed by atoms with Crippen molar-refractivity contribution in [2.75, 3.05) is 5.32 Å². The molecule has 8 nitrogen and oxygen atoms in total. The maximum atomic E-state index is 12.4. The number of halogens is 1. The van der Waals surface area contributed by atoms with Crippen LogP contribution in [0.15, 0.2) is 59.5 Å². The molecule has 0 radical (unpaired) electrons. The van der Waals surface area contributed by atoms with Gasteiger partial charge < -0.3 is 25.3 Å². The molecule has 4 aromatic rings. The number of aliphatic hydroxyl groups excluding tert-OH is 1. The summed E-state index contributed by atoms with van der Waals surface area (Å²) in [4.78, 5) is 19.3. The lowest BCUT2D eigenvalue weighted by atomic mass is 10.1.